The highest BCUT2D eigenvalue weighted by Gasteiger charge is 2.30. The summed E-state index contributed by atoms with van der Waals surface area (Å²) in [6, 6.07) is 9.25. The standard InChI is InChI=1S/C19H31NO/c1-4-5-6-13-21-18-9-7-16(8-10-18)15-20-17-11-12-19(2,3)14-17/h7-10,17,20H,4-6,11-15H2,1-3H3. The first kappa shape index (κ1) is 16.4. The van der Waals surface area contributed by atoms with Crippen LogP contribution in [0.25, 0.3) is 0 Å². The summed E-state index contributed by atoms with van der Waals surface area (Å²) in [5.74, 6) is 0.997. The molecule has 1 atom stereocenters. The molecule has 2 rings (SSSR count). The van der Waals surface area contributed by atoms with E-state index in [1.807, 2.05) is 0 Å². The second-order valence-electron chi connectivity index (χ2n) is 7.18. The molecule has 1 aliphatic rings. The Morgan fingerprint density at radius 2 is 1.95 bits per heavy atom. The zero-order chi connectivity index (χ0) is 15.1. The second kappa shape index (κ2) is 7.84. The van der Waals surface area contributed by atoms with E-state index in [4.69, 9.17) is 4.74 Å². The van der Waals surface area contributed by atoms with Crippen molar-refractivity contribution in [1.29, 1.82) is 0 Å². The summed E-state index contributed by atoms with van der Waals surface area (Å²) < 4.78 is 5.75. The van der Waals surface area contributed by atoms with Crippen LogP contribution in [0.1, 0.15) is 64.9 Å². The Labute approximate surface area is 130 Å². The molecule has 0 saturated heterocycles. The molecule has 0 spiro atoms. The van der Waals surface area contributed by atoms with E-state index in [9.17, 15) is 0 Å². The van der Waals surface area contributed by atoms with Crippen molar-refractivity contribution in [2.24, 2.45) is 5.41 Å². The van der Waals surface area contributed by atoms with E-state index >= 15 is 0 Å². The Kier molecular flexibility index (Phi) is 6.10. The first-order valence-corrected chi connectivity index (χ1v) is 8.54. The van der Waals surface area contributed by atoms with Crippen LogP contribution in [0.5, 0.6) is 5.75 Å². The van der Waals surface area contributed by atoms with Gasteiger partial charge >= 0.3 is 0 Å². The molecule has 1 fully saturated rings. The van der Waals surface area contributed by atoms with Crippen molar-refractivity contribution < 1.29 is 4.74 Å². The largest absolute Gasteiger partial charge is 0.494 e. The Balaban J connectivity index is 1.70. The lowest BCUT2D eigenvalue weighted by molar-refractivity contribution is 0.306. The molecule has 1 aromatic rings. The van der Waals surface area contributed by atoms with Crippen molar-refractivity contribution >= 4 is 0 Å². The molecule has 1 saturated carbocycles. The molecule has 1 N–H and O–H groups in total. The topological polar surface area (TPSA) is 21.3 Å². The van der Waals surface area contributed by atoms with Gasteiger partial charge in [0, 0.05) is 12.6 Å². The third kappa shape index (κ3) is 5.70. The molecule has 0 amide bonds. The Hall–Kier alpha value is -1.02. The highest BCUT2D eigenvalue weighted by molar-refractivity contribution is 5.27. The normalized spacial score (nSPS) is 20.6. The first-order valence-electron chi connectivity index (χ1n) is 8.54. The molecule has 0 aromatic heterocycles. The number of hydrogen-bond acceptors (Lipinski definition) is 2. The van der Waals surface area contributed by atoms with Gasteiger partial charge in [-0.25, -0.2) is 0 Å². The van der Waals surface area contributed by atoms with Crippen LogP contribution < -0.4 is 10.1 Å². The van der Waals surface area contributed by atoms with Crippen molar-refractivity contribution in [2.75, 3.05) is 6.61 Å². The molecule has 2 heteroatoms. The molecule has 0 bridgehead atoms. The van der Waals surface area contributed by atoms with Crippen molar-refractivity contribution in [3.8, 4) is 5.75 Å². The molecular formula is C19H31NO. The van der Waals surface area contributed by atoms with Gasteiger partial charge in [0.05, 0.1) is 6.61 Å². The number of nitrogens with one attached hydrogen (secondary N) is 1. The van der Waals surface area contributed by atoms with E-state index in [1.54, 1.807) is 0 Å². The van der Waals surface area contributed by atoms with Crippen molar-refractivity contribution in [2.45, 2.75) is 71.9 Å². The van der Waals surface area contributed by atoms with Crippen molar-refractivity contribution in [1.82, 2.24) is 5.32 Å². The summed E-state index contributed by atoms with van der Waals surface area (Å²) in [6.45, 7) is 8.77. The molecule has 1 aromatic carbocycles. The molecule has 1 aliphatic carbocycles. The fraction of sp³-hybridized carbons (Fsp3) is 0.684. The van der Waals surface area contributed by atoms with E-state index in [1.165, 1.54) is 37.7 Å². The third-order valence-corrected chi connectivity index (χ3v) is 4.50. The lowest BCUT2D eigenvalue weighted by Gasteiger charge is -2.18. The summed E-state index contributed by atoms with van der Waals surface area (Å²) in [4.78, 5) is 0. The number of unbranched alkanes of at least 4 members (excludes halogenated alkanes) is 2. The molecule has 21 heavy (non-hydrogen) atoms. The quantitative estimate of drug-likeness (QED) is 0.686. The number of hydrogen-bond donors (Lipinski definition) is 1. The fourth-order valence-electron chi connectivity index (χ4n) is 3.12. The predicted octanol–water partition coefficient (Wildman–Crippen LogP) is 4.92. The smallest absolute Gasteiger partial charge is 0.119 e. The monoisotopic (exact) mass is 289 g/mol. The molecule has 0 heterocycles. The fourth-order valence-corrected chi connectivity index (χ4v) is 3.12. The zero-order valence-corrected chi connectivity index (χ0v) is 14.0. The summed E-state index contributed by atoms with van der Waals surface area (Å²) >= 11 is 0. The predicted molar refractivity (Wildman–Crippen MR) is 89.7 cm³/mol. The Morgan fingerprint density at radius 1 is 1.19 bits per heavy atom. The maximum atomic E-state index is 5.75. The van der Waals surface area contributed by atoms with Gasteiger partial charge in [-0.1, -0.05) is 45.7 Å². The third-order valence-electron chi connectivity index (χ3n) is 4.50. The van der Waals surface area contributed by atoms with E-state index < -0.39 is 0 Å². The average Bonchev–Trinajstić information content (AvgIpc) is 2.82. The van der Waals surface area contributed by atoms with E-state index in [0.717, 1.165) is 25.3 Å². The first-order chi connectivity index (χ1) is 10.1. The van der Waals surface area contributed by atoms with Crippen LogP contribution in [0.3, 0.4) is 0 Å². The van der Waals surface area contributed by atoms with Gasteiger partial charge in [0.2, 0.25) is 0 Å². The van der Waals surface area contributed by atoms with Gasteiger partial charge in [0.15, 0.2) is 0 Å². The highest BCUT2D eigenvalue weighted by atomic mass is 16.5. The van der Waals surface area contributed by atoms with E-state index in [0.29, 0.717) is 11.5 Å². The minimum atomic E-state index is 0.522. The van der Waals surface area contributed by atoms with Crippen LogP contribution >= 0.6 is 0 Å². The molecule has 1 unspecified atom stereocenters. The van der Waals surface area contributed by atoms with Crippen LogP contribution in [-0.2, 0) is 6.54 Å². The van der Waals surface area contributed by atoms with Crippen molar-refractivity contribution in [3.05, 3.63) is 29.8 Å². The van der Waals surface area contributed by atoms with Crippen LogP contribution in [0, 0.1) is 5.41 Å². The van der Waals surface area contributed by atoms with Gasteiger partial charge in [-0.3, -0.25) is 0 Å². The molecule has 0 radical (unpaired) electrons. The number of rotatable bonds is 8. The van der Waals surface area contributed by atoms with Crippen molar-refractivity contribution in [3.63, 3.8) is 0 Å². The molecular weight excluding hydrogens is 258 g/mol. The summed E-state index contributed by atoms with van der Waals surface area (Å²) in [7, 11) is 0. The van der Waals surface area contributed by atoms with Gasteiger partial charge in [0.1, 0.15) is 5.75 Å². The minimum Gasteiger partial charge on any atom is -0.494 e. The average molecular weight is 289 g/mol. The highest BCUT2D eigenvalue weighted by Crippen LogP contribution is 2.36. The van der Waals surface area contributed by atoms with Crippen LogP contribution in [0.15, 0.2) is 24.3 Å². The lowest BCUT2D eigenvalue weighted by Crippen LogP contribution is -2.26. The van der Waals surface area contributed by atoms with Crippen LogP contribution in [0.4, 0.5) is 0 Å². The van der Waals surface area contributed by atoms with Gasteiger partial charge in [-0.2, -0.15) is 0 Å². The SMILES string of the molecule is CCCCCOc1ccc(CNC2CCC(C)(C)C2)cc1. The number of ether oxygens (including phenoxy) is 1. The van der Waals surface area contributed by atoms with E-state index in [-0.39, 0.29) is 0 Å². The van der Waals surface area contributed by atoms with Gasteiger partial charge < -0.3 is 10.1 Å². The molecule has 118 valence electrons. The zero-order valence-electron chi connectivity index (χ0n) is 14.0. The van der Waals surface area contributed by atoms with Crippen LogP contribution in [0.2, 0.25) is 0 Å². The summed E-state index contributed by atoms with van der Waals surface area (Å²) in [5.41, 5.74) is 1.87. The maximum Gasteiger partial charge on any atom is 0.119 e. The second-order valence-corrected chi connectivity index (χ2v) is 7.18. The molecule has 2 nitrogen and oxygen atoms in total. The van der Waals surface area contributed by atoms with Gasteiger partial charge in [-0.15, -0.1) is 0 Å². The number of benzene rings is 1. The Bertz CT molecular complexity index is 410. The molecule has 0 aliphatic heterocycles. The Morgan fingerprint density at radius 3 is 2.57 bits per heavy atom. The lowest BCUT2D eigenvalue weighted by atomic mass is 9.92. The van der Waals surface area contributed by atoms with Crippen LogP contribution in [-0.4, -0.2) is 12.6 Å². The maximum absolute atomic E-state index is 5.75. The summed E-state index contributed by atoms with van der Waals surface area (Å²) in [5, 5.41) is 3.69. The van der Waals surface area contributed by atoms with Gasteiger partial charge in [0.25, 0.3) is 0 Å². The van der Waals surface area contributed by atoms with E-state index in [2.05, 4.69) is 50.4 Å². The summed E-state index contributed by atoms with van der Waals surface area (Å²) in [6.07, 6.45) is 7.59. The minimum absolute atomic E-state index is 0.522. The van der Waals surface area contributed by atoms with Gasteiger partial charge in [-0.05, 0) is 48.8 Å².